The number of rotatable bonds is 2. The van der Waals surface area contributed by atoms with Gasteiger partial charge in [0.2, 0.25) is 0 Å². The lowest BCUT2D eigenvalue weighted by molar-refractivity contribution is 0.478. The summed E-state index contributed by atoms with van der Waals surface area (Å²) in [5, 5.41) is 0. The summed E-state index contributed by atoms with van der Waals surface area (Å²) >= 11 is 4.39. The summed E-state index contributed by atoms with van der Waals surface area (Å²) < 4.78 is 26.8. The highest BCUT2D eigenvalue weighted by Crippen LogP contribution is 2.30. The number of hydrogen-bond donors (Lipinski definition) is 0. The van der Waals surface area contributed by atoms with Gasteiger partial charge in [0.15, 0.2) is 8.13 Å². The Morgan fingerprint density at radius 1 is 1.40 bits per heavy atom. The van der Waals surface area contributed by atoms with Crippen molar-refractivity contribution in [2.24, 2.45) is 0 Å². The summed E-state index contributed by atoms with van der Waals surface area (Å²) in [6.07, 6.45) is 1.91. The molecule has 1 aliphatic rings. The van der Waals surface area contributed by atoms with Crippen LogP contribution in [0.4, 0.5) is 0 Å². The van der Waals surface area contributed by atoms with Crippen LogP contribution in [-0.2, 0) is 10.0 Å². The first-order valence-electron chi connectivity index (χ1n) is 4.65. The Balaban J connectivity index is 2.40. The molecule has 0 aromatic carbocycles. The number of thiazole rings is 1. The van der Waals surface area contributed by atoms with Crippen LogP contribution in [0.15, 0.2) is 8.13 Å². The van der Waals surface area contributed by atoms with Crippen molar-refractivity contribution in [2.45, 2.75) is 24.0 Å². The minimum atomic E-state index is -3.29. The molecule has 0 spiro atoms. The van der Waals surface area contributed by atoms with Crippen molar-refractivity contribution < 1.29 is 8.42 Å². The molecule has 0 radical (unpaired) electrons. The van der Waals surface area contributed by atoms with E-state index in [1.807, 2.05) is 0 Å². The van der Waals surface area contributed by atoms with Crippen LogP contribution in [0, 0.1) is 6.92 Å². The Bertz CT molecular complexity index is 463. The first kappa shape index (κ1) is 11.5. The lowest BCUT2D eigenvalue weighted by Crippen LogP contribution is -2.27. The van der Waals surface area contributed by atoms with E-state index in [0.717, 1.165) is 12.8 Å². The molecule has 1 aromatic heterocycles. The van der Waals surface area contributed by atoms with Crippen LogP contribution in [0.3, 0.4) is 0 Å². The van der Waals surface area contributed by atoms with E-state index >= 15 is 0 Å². The van der Waals surface area contributed by atoms with Crippen molar-refractivity contribution in [3.05, 3.63) is 9.61 Å². The van der Waals surface area contributed by atoms with Crippen LogP contribution in [0.2, 0.25) is 0 Å². The van der Waals surface area contributed by atoms with Crippen LogP contribution in [0.5, 0.6) is 0 Å². The maximum Gasteiger partial charge on any atom is 0.254 e. The molecule has 1 fully saturated rings. The highest BCUT2D eigenvalue weighted by molar-refractivity contribution is 9.11. The van der Waals surface area contributed by atoms with Crippen molar-refractivity contribution in [1.29, 1.82) is 0 Å². The Hall–Kier alpha value is 0.0200. The Labute approximate surface area is 101 Å². The van der Waals surface area contributed by atoms with Gasteiger partial charge in [-0.25, -0.2) is 13.4 Å². The molecular formula is C8H11BrN2O2S2. The molecule has 1 saturated heterocycles. The van der Waals surface area contributed by atoms with Crippen LogP contribution < -0.4 is 0 Å². The number of hydrogen-bond acceptors (Lipinski definition) is 4. The molecule has 15 heavy (non-hydrogen) atoms. The van der Waals surface area contributed by atoms with E-state index in [-0.39, 0.29) is 0 Å². The van der Waals surface area contributed by atoms with E-state index in [0.29, 0.717) is 26.9 Å². The van der Waals surface area contributed by atoms with Crippen molar-refractivity contribution >= 4 is 37.3 Å². The van der Waals surface area contributed by atoms with Gasteiger partial charge in [-0.1, -0.05) is 11.3 Å². The fourth-order valence-corrected chi connectivity index (χ4v) is 5.60. The van der Waals surface area contributed by atoms with Crippen molar-refractivity contribution in [1.82, 2.24) is 9.29 Å². The third-order valence-electron chi connectivity index (χ3n) is 2.37. The fraction of sp³-hybridized carbons (Fsp3) is 0.625. The van der Waals surface area contributed by atoms with E-state index < -0.39 is 10.0 Å². The van der Waals surface area contributed by atoms with E-state index in [9.17, 15) is 8.42 Å². The molecule has 84 valence electrons. The van der Waals surface area contributed by atoms with Gasteiger partial charge in [0.05, 0.1) is 5.69 Å². The van der Waals surface area contributed by atoms with Gasteiger partial charge in [-0.15, -0.1) is 0 Å². The predicted octanol–water partition coefficient (Wildman–Crippen LogP) is 2.00. The maximum atomic E-state index is 12.1. The van der Waals surface area contributed by atoms with Gasteiger partial charge >= 0.3 is 0 Å². The second kappa shape index (κ2) is 4.12. The summed E-state index contributed by atoms with van der Waals surface area (Å²) in [6, 6.07) is 0. The molecule has 1 aliphatic heterocycles. The quantitative estimate of drug-likeness (QED) is 0.839. The number of aromatic nitrogens is 1. The highest BCUT2D eigenvalue weighted by Gasteiger charge is 2.30. The highest BCUT2D eigenvalue weighted by atomic mass is 79.9. The van der Waals surface area contributed by atoms with Crippen LogP contribution in [-0.4, -0.2) is 30.8 Å². The van der Waals surface area contributed by atoms with Crippen LogP contribution >= 0.6 is 27.3 Å². The van der Waals surface area contributed by atoms with Gasteiger partial charge in [-0.2, -0.15) is 4.31 Å². The molecule has 0 amide bonds. The Morgan fingerprint density at radius 2 is 2.00 bits per heavy atom. The summed E-state index contributed by atoms with van der Waals surface area (Å²) in [4.78, 5) is 4.08. The average molecular weight is 311 g/mol. The lowest BCUT2D eigenvalue weighted by Gasteiger charge is -2.13. The second-order valence-corrected chi connectivity index (χ2v) is 7.86. The molecule has 2 heterocycles. The summed E-state index contributed by atoms with van der Waals surface area (Å²) in [5.74, 6) is 0. The number of sulfonamides is 1. The first-order chi connectivity index (χ1) is 7.01. The number of aryl methyl sites for hydroxylation is 1. The molecule has 4 nitrogen and oxygen atoms in total. The zero-order valence-corrected chi connectivity index (χ0v) is 11.5. The molecule has 0 unspecified atom stereocenters. The zero-order valence-electron chi connectivity index (χ0n) is 8.23. The summed E-state index contributed by atoms with van der Waals surface area (Å²) in [7, 11) is -3.29. The van der Waals surface area contributed by atoms with Gasteiger partial charge in [-0.05, 0) is 35.7 Å². The number of nitrogens with zero attached hydrogens (tertiary/aromatic N) is 2. The Morgan fingerprint density at radius 3 is 2.47 bits per heavy atom. The van der Waals surface area contributed by atoms with Crippen molar-refractivity contribution in [3.63, 3.8) is 0 Å². The van der Waals surface area contributed by atoms with E-state index in [1.54, 1.807) is 11.2 Å². The smallest absolute Gasteiger partial charge is 0.233 e. The van der Waals surface area contributed by atoms with E-state index in [4.69, 9.17) is 0 Å². The third-order valence-corrected chi connectivity index (χ3v) is 6.46. The second-order valence-electron chi connectivity index (χ2n) is 3.45. The van der Waals surface area contributed by atoms with Crippen LogP contribution in [0.1, 0.15) is 18.5 Å². The summed E-state index contributed by atoms with van der Waals surface area (Å²) in [5.41, 5.74) is 0.582. The van der Waals surface area contributed by atoms with Crippen LogP contribution in [0.25, 0.3) is 0 Å². The number of halogens is 1. The average Bonchev–Trinajstić information content (AvgIpc) is 2.74. The fourth-order valence-electron chi connectivity index (χ4n) is 1.64. The van der Waals surface area contributed by atoms with Gasteiger partial charge < -0.3 is 0 Å². The van der Waals surface area contributed by atoms with Gasteiger partial charge in [0, 0.05) is 13.1 Å². The topological polar surface area (TPSA) is 50.3 Å². The molecular weight excluding hydrogens is 300 g/mol. The van der Waals surface area contributed by atoms with Crippen molar-refractivity contribution in [3.8, 4) is 0 Å². The monoisotopic (exact) mass is 310 g/mol. The molecule has 2 rings (SSSR count). The zero-order chi connectivity index (χ0) is 11.1. The third kappa shape index (κ3) is 2.11. The van der Waals surface area contributed by atoms with E-state index in [1.165, 1.54) is 11.3 Å². The standard InChI is InChI=1S/C8H11BrN2O2S2/c1-6-7(14-8(9)10-6)15(12,13)11-4-2-3-5-11/h2-5H2,1H3. The van der Waals surface area contributed by atoms with Gasteiger partial charge in [-0.3, -0.25) is 0 Å². The molecule has 1 aromatic rings. The van der Waals surface area contributed by atoms with E-state index in [2.05, 4.69) is 20.9 Å². The first-order valence-corrected chi connectivity index (χ1v) is 7.70. The predicted molar refractivity (Wildman–Crippen MR) is 62.5 cm³/mol. The molecule has 7 heteroatoms. The largest absolute Gasteiger partial charge is 0.254 e. The molecule has 0 atom stereocenters. The minimum Gasteiger partial charge on any atom is -0.233 e. The van der Waals surface area contributed by atoms with Gasteiger partial charge in [0.25, 0.3) is 10.0 Å². The molecule has 0 bridgehead atoms. The minimum absolute atomic E-state index is 0.372. The SMILES string of the molecule is Cc1nc(Br)sc1S(=O)(=O)N1CCCC1. The Kier molecular flexibility index (Phi) is 3.16. The lowest BCUT2D eigenvalue weighted by atomic mass is 10.4. The normalized spacial score (nSPS) is 18.5. The molecule has 0 aliphatic carbocycles. The molecule has 0 saturated carbocycles. The summed E-state index contributed by atoms with van der Waals surface area (Å²) in [6.45, 7) is 3.00. The maximum absolute atomic E-state index is 12.1. The van der Waals surface area contributed by atoms with Crippen molar-refractivity contribution in [2.75, 3.05) is 13.1 Å². The molecule has 0 N–H and O–H groups in total. The van der Waals surface area contributed by atoms with Gasteiger partial charge in [0.1, 0.15) is 0 Å².